The zero-order valence-corrected chi connectivity index (χ0v) is 14.6. The van der Waals surface area contributed by atoms with Crippen molar-refractivity contribution in [3.05, 3.63) is 58.6 Å². The first-order chi connectivity index (χ1) is 12.7. The zero-order chi connectivity index (χ0) is 19.8. The Hall–Kier alpha value is -3.10. The number of nitriles is 1. The molecular weight excluding hydrogens is 357 g/mol. The maximum atomic E-state index is 14.6. The number of nitrogens with one attached hydrogen (secondary N) is 1. The summed E-state index contributed by atoms with van der Waals surface area (Å²) in [5, 5.41) is 12.0. The fraction of sp³-hybridized carbons (Fsp3) is 0.316. The molecule has 8 heteroatoms. The fourth-order valence-electron chi connectivity index (χ4n) is 3.12. The van der Waals surface area contributed by atoms with Crippen LogP contribution < -0.4 is 5.32 Å². The van der Waals surface area contributed by atoms with Gasteiger partial charge in [0.1, 0.15) is 17.3 Å². The highest BCUT2D eigenvalue weighted by Crippen LogP contribution is 2.54. The summed E-state index contributed by atoms with van der Waals surface area (Å²) in [5.41, 5.74) is -2.55. The minimum Gasteiger partial charge on any atom is -0.377 e. The molecule has 1 N–H and O–H groups in total. The summed E-state index contributed by atoms with van der Waals surface area (Å²) in [6.45, 7) is 9.77. The van der Waals surface area contributed by atoms with Crippen molar-refractivity contribution >= 4 is 17.2 Å². The predicted octanol–water partition coefficient (Wildman–Crippen LogP) is 4.83. The molecule has 5 nitrogen and oxygen atoms in total. The summed E-state index contributed by atoms with van der Waals surface area (Å²) in [6, 6.07) is 7.10. The van der Waals surface area contributed by atoms with Gasteiger partial charge in [-0.25, -0.2) is 9.83 Å². The van der Waals surface area contributed by atoms with E-state index >= 15 is 0 Å². The molecule has 1 aromatic carbocycles. The van der Waals surface area contributed by atoms with Gasteiger partial charge < -0.3 is 10.1 Å². The molecule has 1 aliphatic rings. The summed E-state index contributed by atoms with van der Waals surface area (Å²) in [5.74, 6) is 0.0155. The van der Waals surface area contributed by atoms with E-state index < -0.39 is 24.3 Å². The minimum atomic E-state index is -4.75. The quantitative estimate of drug-likeness (QED) is 0.784. The Morgan fingerprint density at radius 3 is 2.67 bits per heavy atom. The Balaban J connectivity index is 2.38. The van der Waals surface area contributed by atoms with Crippen LogP contribution in [0.1, 0.15) is 30.5 Å². The van der Waals surface area contributed by atoms with Gasteiger partial charge in [-0.05, 0) is 37.6 Å². The fourth-order valence-corrected chi connectivity index (χ4v) is 3.12. The highest BCUT2D eigenvalue weighted by atomic mass is 19.4. The third-order valence-corrected chi connectivity index (χ3v) is 4.44. The molecule has 3 rings (SSSR count). The van der Waals surface area contributed by atoms with E-state index in [9.17, 15) is 13.2 Å². The van der Waals surface area contributed by atoms with Gasteiger partial charge in [0.05, 0.1) is 24.8 Å². The van der Waals surface area contributed by atoms with Gasteiger partial charge in [-0.3, -0.25) is 0 Å². The number of alkyl halides is 3. The van der Waals surface area contributed by atoms with Gasteiger partial charge in [0, 0.05) is 17.4 Å². The molecule has 2 heterocycles. The lowest BCUT2D eigenvalue weighted by atomic mass is 9.71. The SMILES string of the molecule is [C-]#[N+]c1ccc2c(c1)C(COC(C)C)(C(F)(F)F)c1cc(C#N)cnc1N2. The van der Waals surface area contributed by atoms with Crippen LogP contribution in [0.4, 0.5) is 30.4 Å². The molecule has 0 radical (unpaired) electrons. The second kappa shape index (κ2) is 6.57. The van der Waals surface area contributed by atoms with Crippen molar-refractivity contribution in [1.82, 2.24) is 4.98 Å². The minimum absolute atomic E-state index is 0.0125. The molecule has 0 fully saturated rings. The smallest absolute Gasteiger partial charge is 0.377 e. The monoisotopic (exact) mass is 372 g/mol. The van der Waals surface area contributed by atoms with Crippen LogP contribution >= 0.6 is 0 Å². The van der Waals surface area contributed by atoms with Crippen LogP contribution in [0.15, 0.2) is 30.5 Å². The number of anilines is 2. The van der Waals surface area contributed by atoms with Gasteiger partial charge in [-0.2, -0.15) is 18.4 Å². The Bertz CT molecular complexity index is 907. The molecule has 0 aliphatic carbocycles. The number of aromatic nitrogens is 1. The number of fused-ring (bicyclic) bond motifs is 2. The highest BCUT2D eigenvalue weighted by molar-refractivity contribution is 5.77. The number of ether oxygens (including phenoxy) is 1. The number of halogens is 3. The Kier molecular flexibility index (Phi) is 4.54. The third kappa shape index (κ3) is 2.98. The van der Waals surface area contributed by atoms with Gasteiger partial charge in [-0.15, -0.1) is 0 Å². The second-order valence-corrected chi connectivity index (χ2v) is 6.46. The van der Waals surface area contributed by atoms with E-state index in [4.69, 9.17) is 16.6 Å². The summed E-state index contributed by atoms with van der Waals surface area (Å²) in [7, 11) is 0. The number of hydrogen-bond acceptors (Lipinski definition) is 4. The lowest BCUT2D eigenvalue weighted by molar-refractivity contribution is -0.195. The molecule has 0 saturated carbocycles. The lowest BCUT2D eigenvalue weighted by Gasteiger charge is -2.42. The molecule has 138 valence electrons. The van der Waals surface area contributed by atoms with E-state index in [0.717, 1.165) is 0 Å². The van der Waals surface area contributed by atoms with Crippen molar-refractivity contribution < 1.29 is 17.9 Å². The summed E-state index contributed by atoms with van der Waals surface area (Å²) < 4.78 is 49.2. The number of rotatable bonds is 3. The van der Waals surface area contributed by atoms with Crippen molar-refractivity contribution in [3.8, 4) is 6.07 Å². The lowest BCUT2D eigenvalue weighted by Crippen LogP contribution is -2.50. The van der Waals surface area contributed by atoms with Crippen molar-refractivity contribution in [1.29, 1.82) is 5.26 Å². The number of nitrogens with zero attached hydrogens (tertiary/aromatic N) is 3. The molecule has 1 aromatic heterocycles. The van der Waals surface area contributed by atoms with Crippen LogP contribution in [0, 0.1) is 17.9 Å². The van der Waals surface area contributed by atoms with Crippen LogP contribution in [0.2, 0.25) is 0 Å². The standard InChI is InChI=1S/C19H15F3N4O/c1-11(2)27-10-18(19(20,21)22)14-7-13(24-3)4-5-16(14)26-17-15(18)6-12(8-23)9-25-17/h4-7,9,11H,10H2,1-2H3,(H,25,26). The first-order valence-electron chi connectivity index (χ1n) is 8.11. The molecule has 1 unspecified atom stereocenters. The first kappa shape index (κ1) is 18.7. The maximum absolute atomic E-state index is 14.6. The van der Waals surface area contributed by atoms with E-state index in [1.54, 1.807) is 13.8 Å². The van der Waals surface area contributed by atoms with Gasteiger partial charge in [0.2, 0.25) is 0 Å². The molecule has 27 heavy (non-hydrogen) atoms. The van der Waals surface area contributed by atoms with Crippen LogP contribution in [-0.2, 0) is 10.2 Å². The molecule has 1 aliphatic heterocycles. The molecule has 0 bridgehead atoms. The van der Waals surface area contributed by atoms with E-state index in [0.29, 0.717) is 0 Å². The number of hydrogen-bond donors (Lipinski definition) is 1. The zero-order valence-electron chi connectivity index (χ0n) is 14.6. The van der Waals surface area contributed by atoms with Gasteiger partial charge in [0.15, 0.2) is 5.69 Å². The molecule has 0 saturated heterocycles. The normalized spacial score (nSPS) is 18.1. The molecule has 0 amide bonds. The van der Waals surface area contributed by atoms with E-state index in [1.807, 2.05) is 6.07 Å². The van der Waals surface area contributed by atoms with E-state index in [2.05, 4.69) is 15.1 Å². The topological polar surface area (TPSA) is 62.3 Å². The van der Waals surface area contributed by atoms with Gasteiger partial charge >= 0.3 is 6.18 Å². The Morgan fingerprint density at radius 2 is 2.07 bits per heavy atom. The third-order valence-electron chi connectivity index (χ3n) is 4.44. The van der Waals surface area contributed by atoms with Crippen molar-refractivity contribution in [2.24, 2.45) is 0 Å². The van der Waals surface area contributed by atoms with Crippen molar-refractivity contribution in [3.63, 3.8) is 0 Å². The van der Waals surface area contributed by atoms with Crippen LogP contribution in [-0.4, -0.2) is 23.9 Å². The van der Waals surface area contributed by atoms with E-state index in [-0.39, 0.29) is 33.9 Å². The molecule has 1 atom stereocenters. The van der Waals surface area contributed by atoms with Gasteiger partial charge in [-0.1, -0.05) is 6.07 Å². The summed E-state index contributed by atoms with van der Waals surface area (Å²) in [4.78, 5) is 7.28. The summed E-state index contributed by atoms with van der Waals surface area (Å²) >= 11 is 0. The van der Waals surface area contributed by atoms with Crippen LogP contribution in [0.25, 0.3) is 4.85 Å². The van der Waals surface area contributed by atoms with Gasteiger partial charge in [0.25, 0.3) is 0 Å². The Morgan fingerprint density at radius 1 is 1.33 bits per heavy atom. The molecular formula is C19H15F3N4O. The predicted molar refractivity (Wildman–Crippen MR) is 92.9 cm³/mol. The average Bonchev–Trinajstić information content (AvgIpc) is 2.63. The van der Waals surface area contributed by atoms with Crippen LogP contribution in [0.3, 0.4) is 0 Å². The maximum Gasteiger partial charge on any atom is 0.404 e. The number of benzene rings is 1. The first-order valence-corrected chi connectivity index (χ1v) is 8.11. The second-order valence-electron chi connectivity index (χ2n) is 6.46. The average molecular weight is 372 g/mol. The van der Waals surface area contributed by atoms with E-state index in [1.165, 1.54) is 30.5 Å². The molecule has 2 aromatic rings. The highest BCUT2D eigenvalue weighted by Gasteiger charge is 2.61. The number of pyridine rings is 1. The largest absolute Gasteiger partial charge is 0.404 e. The van der Waals surface area contributed by atoms with Crippen molar-refractivity contribution in [2.45, 2.75) is 31.5 Å². The van der Waals surface area contributed by atoms with Crippen LogP contribution in [0.5, 0.6) is 0 Å². The summed E-state index contributed by atoms with van der Waals surface area (Å²) in [6.07, 6.45) is -3.97. The Labute approximate surface area is 154 Å². The molecule has 0 spiro atoms. The van der Waals surface area contributed by atoms with Crippen molar-refractivity contribution in [2.75, 3.05) is 11.9 Å².